The SMILES string of the molecule is CC1NC(=O)C(C(C)C)N(Cc2c(F)cccc2F)C1=O. The Morgan fingerprint density at radius 1 is 1.24 bits per heavy atom. The first-order valence-electron chi connectivity index (χ1n) is 6.86. The van der Waals surface area contributed by atoms with Crippen LogP contribution in [-0.4, -0.2) is 28.8 Å². The molecule has 1 aromatic carbocycles. The number of nitrogens with one attached hydrogen (secondary N) is 1. The number of halogens is 2. The second-order valence-electron chi connectivity index (χ2n) is 5.59. The highest BCUT2D eigenvalue weighted by atomic mass is 19.1. The van der Waals surface area contributed by atoms with Crippen molar-refractivity contribution >= 4 is 11.8 Å². The topological polar surface area (TPSA) is 49.4 Å². The molecule has 1 saturated heterocycles. The third-order valence-corrected chi connectivity index (χ3v) is 3.64. The van der Waals surface area contributed by atoms with Crippen molar-refractivity contribution in [1.29, 1.82) is 0 Å². The Balaban J connectivity index is 2.37. The molecule has 2 amide bonds. The summed E-state index contributed by atoms with van der Waals surface area (Å²) in [6.07, 6.45) is 0. The molecule has 1 aliphatic heterocycles. The van der Waals surface area contributed by atoms with E-state index < -0.39 is 23.7 Å². The summed E-state index contributed by atoms with van der Waals surface area (Å²) in [6, 6.07) is 2.12. The minimum Gasteiger partial charge on any atom is -0.343 e. The molecular formula is C15H18F2N2O2. The number of amides is 2. The molecule has 2 rings (SSSR count). The van der Waals surface area contributed by atoms with Crippen LogP contribution in [-0.2, 0) is 16.1 Å². The Labute approximate surface area is 122 Å². The fraction of sp³-hybridized carbons (Fsp3) is 0.467. The molecule has 4 nitrogen and oxygen atoms in total. The highest BCUT2D eigenvalue weighted by Gasteiger charge is 2.40. The molecule has 6 heteroatoms. The maximum atomic E-state index is 13.8. The predicted octanol–water partition coefficient (Wildman–Crippen LogP) is 1.84. The molecule has 2 unspecified atom stereocenters. The van der Waals surface area contributed by atoms with Crippen LogP contribution < -0.4 is 5.32 Å². The van der Waals surface area contributed by atoms with Gasteiger partial charge in [-0.15, -0.1) is 0 Å². The van der Waals surface area contributed by atoms with Gasteiger partial charge in [-0.3, -0.25) is 9.59 Å². The first-order chi connectivity index (χ1) is 9.82. The number of benzene rings is 1. The average Bonchev–Trinajstić information content (AvgIpc) is 2.38. The lowest BCUT2D eigenvalue weighted by molar-refractivity contribution is -0.151. The summed E-state index contributed by atoms with van der Waals surface area (Å²) in [5.74, 6) is -2.23. The van der Waals surface area contributed by atoms with Gasteiger partial charge in [-0.2, -0.15) is 0 Å². The highest BCUT2D eigenvalue weighted by Crippen LogP contribution is 2.22. The van der Waals surface area contributed by atoms with Gasteiger partial charge < -0.3 is 10.2 Å². The molecule has 114 valence electrons. The van der Waals surface area contributed by atoms with E-state index in [-0.39, 0.29) is 29.8 Å². The number of carbonyl (C=O) groups excluding carboxylic acids is 2. The van der Waals surface area contributed by atoms with Crippen LogP contribution in [0.1, 0.15) is 26.3 Å². The van der Waals surface area contributed by atoms with E-state index in [9.17, 15) is 18.4 Å². The van der Waals surface area contributed by atoms with Crippen molar-refractivity contribution < 1.29 is 18.4 Å². The summed E-state index contributed by atoms with van der Waals surface area (Å²) >= 11 is 0. The Hall–Kier alpha value is -1.98. The molecular weight excluding hydrogens is 278 g/mol. The van der Waals surface area contributed by atoms with Crippen LogP contribution in [0.4, 0.5) is 8.78 Å². The first-order valence-corrected chi connectivity index (χ1v) is 6.86. The van der Waals surface area contributed by atoms with E-state index in [2.05, 4.69) is 5.32 Å². The summed E-state index contributed by atoms with van der Waals surface area (Å²) in [5, 5.41) is 2.59. The van der Waals surface area contributed by atoms with Crippen molar-refractivity contribution in [3.63, 3.8) is 0 Å². The lowest BCUT2D eigenvalue weighted by Crippen LogP contribution is -2.63. The van der Waals surface area contributed by atoms with E-state index >= 15 is 0 Å². The molecule has 1 fully saturated rings. The van der Waals surface area contributed by atoms with Gasteiger partial charge >= 0.3 is 0 Å². The van der Waals surface area contributed by atoms with Crippen molar-refractivity contribution in [3.8, 4) is 0 Å². The van der Waals surface area contributed by atoms with Crippen molar-refractivity contribution in [1.82, 2.24) is 10.2 Å². The molecule has 21 heavy (non-hydrogen) atoms. The van der Waals surface area contributed by atoms with Gasteiger partial charge in [0.05, 0.1) is 6.54 Å². The summed E-state index contributed by atoms with van der Waals surface area (Å²) in [7, 11) is 0. The Morgan fingerprint density at radius 2 is 1.81 bits per heavy atom. The van der Waals surface area contributed by atoms with Crippen LogP contribution in [0.25, 0.3) is 0 Å². The fourth-order valence-electron chi connectivity index (χ4n) is 2.58. The van der Waals surface area contributed by atoms with Crippen LogP contribution in [0.2, 0.25) is 0 Å². The highest BCUT2D eigenvalue weighted by molar-refractivity contribution is 5.96. The summed E-state index contributed by atoms with van der Waals surface area (Å²) < 4.78 is 27.6. The van der Waals surface area contributed by atoms with E-state index in [0.29, 0.717) is 0 Å². The molecule has 1 heterocycles. The van der Waals surface area contributed by atoms with Gasteiger partial charge in [0, 0.05) is 5.56 Å². The van der Waals surface area contributed by atoms with Crippen molar-refractivity contribution in [2.24, 2.45) is 5.92 Å². The van der Waals surface area contributed by atoms with Crippen molar-refractivity contribution in [3.05, 3.63) is 35.4 Å². The zero-order valence-corrected chi connectivity index (χ0v) is 12.2. The number of piperazine rings is 1. The molecule has 0 bridgehead atoms. The van der Waals surface area contributed by atoms with Crippen molar-refractivity contribution in [2.75, 3.05) is 0 Å². The van der Waals surface area contributed by atoms with E-state index in [1.54, 1.807) is 20.8 Å². The zero-order chi connectivity index (χ0) is 15.7. The molecule has 0 radical (unpaired) electrons. The first kappa shape index (κ1) is 15.4. The molecule has 0 spiro atoms. The van der Waals surface area contributed by atoms with Gasteiger partial charge in [0.15, 0.2) is 0 Å². The number of carbonyl (C=O) groups is 2. The second-order valence-corrected chi connectivity index (χ2v) is 5.59. The maximum absolute atomic E-state index is 13.8. The Kier molecular flexibility index (Phi) is 4.25. The fourth-order valence-corrected chi connectivity index (χ4v) is 2.58. The van der Waals surface area contributed by atoms with E-state index in [0.717, 1.165) is 12.1 Å². The number of nitrogens with zero attached hydrogens (tertiary/aromatic N) is 1. The van der Waals surface area contributed by atoms with E-state index in [1.807, 2.05) is 0 Å². The van der Waals surface area contributed by atoms with Crippen LogP contribution in [0.5, 0.6) is 0 Å². The van der Waals surface area contributed by atoms with Crippen LogP contribution in [0, 0.1) is 17.6 Å². The van der Waals surface area contributed by atoms with Gasteiger partial charge in [0.1, 0.15) is 23.7 Å². The summed E-state index contributed by atoms with van der Waals surface area (Å²) in [6.45, 7) is 4.88. The quantitative estimate of drug-likeness (QED) is 0.925. The number of hydrogen-bond donors (Lipinski definition) is 1. The van der Waals surface area contributed by atoms with Crippen LogP contribution >= 0.6 is 0 Å². The molecule has 0 aromatic heterocycles. The average molecular weight is 296 g/mol. The third-order valence-electron chi connectivity index (χ3n) is 3.64. The van der Waals surface area contributed by atoms with E-state index in [4.69, 9.17) is 0 Å². The van der Waals surface area contributed by atoms with Crippen molar-refractivity contribution in [2.45, 2.75) is 39.4 Å². The monoisotopic (exact) mass is 296 g/mol. The van der Waals surface area contributed by atoms with Crippen LogP contribution in [0.15, 0.2) is 18.2 Å². The molecule has 0 aliphatic carbocycles. The normalized spacial score (nSPS) is 22.7. The Morgan fingerprint density at radius 3 is 2.33 bits per heavy atom. The molecule has 1 aliphatic rings. The number of hydrogen-bond acceptors (Lipinski definition) is 2. The zero-order valence-electron chi connectivity index (χ0n) is 12.2. The van der Waals surface area contributed by atoms with Gasteiger partial charge in [-0.25, -0.2) is 8.78 Å². The predicted molar refractivity (Wildman–Crippen MR) is 73.1 cm³/mol. The minimum absolute atomic E-state index is 0.156. The lowest BCUT2D eigenvalue weighted by atomic mass is 9.96. The second kappa shape index (κ2) is 5.79. The number of rotatable bonds is 3. The summed E-state index contributed by atoms with van der Waals surface area (Å²) in [5.41, 5.74) is -0.196. The molecule has 2 atom stereocenters. The van der Waals surface area contributed by atoms with Gasteiger partial charge in [0.2, 0.25) is 11.8 Å². The van der Waals surface area contributed by atoms with E-state index in [1.165, 1.54) is 11.0 Å². The molecule has 1 N–H and O–H groups in total. The van der Waals surface area contributed by atoms with Crippen LogP contribution in [0.3, 0.4) is 0 Å². The molecule has 1 aromatic rings. The lowest BCUT2D eigenvalue weighted by Gasteiger charge is -2.40. The van der Waals surface area contributed by atoms with Gasteiger partial charge in [0.25, 0.3) is 0 Å². The third kappa shape index (κ3) is 2.89. The van der Waals surface area contributed by atoms with Gasteiger partial charge in [-0.05, 0) is 25.0 Å². The maximum Gasteiger partial charge on any atom is 0.245 e. The molecule has 0 saturated carbocycles. The Bertz CT molecular complexity index is 555. The minimum atomic E-state index is -0.729. The standard InChI is InChI=1S/C15H18F2N2O2/c1-8(2)13-14(20)18-9(3)15(21)19(13)7-10-11(16)5-4-6-12(10)17/h4-6,8-9,13H,7H2,1-3H3,(H,18,20). The largest absolute Gasteiger partial charge is 0.343 e. The van der Waals surface area contributed by atoms with Gasteiger partial charge in [-0.1, -0.05) is 19.9 Å². The summed E-state index contributed by atoms with van der Waals surface area (Å²) in [4.78, 5) is 25.6. The smallest absolute Gasteiger partial charge is 0.245 e.